The van der Waals surface area contributed by atoms with Gasteiger partial charge in [0.25, 0.3) is 0 Å². The van der Waals surface area contributed by atoms with Crippen LogP contribution in [-0.2, 0) is 27.4 Å². The molecule has 2 aliphatic heterocycles. The number of hydrogen-bond acceptors (Lipinski definition) is 5. The van der Waals surface area contributed by atoms with E-state index in [9.17, 15) is 14.7 Å². The molecule has 1 unspecified atom stereocenters. The number of amides is 1. The number of esters is 1. The van der Waals surface area contributed by atoms with Crippen LogP contribution in [0, 0.1) is 5.92 Å². The van der Waals surface area contributed by atoms with Crippen LogP contribution in [0.5, 0.6) is 0 Å². The Labute approximate surface area is 175 Å². The number of fused-ring (bicyclic) bond motifs is 1. The highest BCUT2D eigenvalue weighted by Gasteiger charge is 2.65. The predicted molar refractivity (Wildman–Crippen MR) is 112 cm³/mol. The van der Waals surface area contributed by atoms with Crippen LogP contribution in [-0.4, -0.2) is 44.1 Å². The molecule has 2 fully saturated rings. The maximum atomic E-state index is 12.9. The van der Waals surface area contributed by atoms with Crippen molar-refractivity contribution < 1.29 is 19.4 Å². The van der Waals surface area contributed by atoms with Crippen LogP contribution in [0.3, 0.4) is 0 Å². The Bertz CT molecular complexity index is 886. The van der Waals surface area contributed by atoms with E-state index in [2.05, 4.69) is 0 Å². The third kappa shape index (κ3) is 3.79. The molecule has 4 rings (SSSR count). The van der Waals surface area contributed by atoms with Gasteiger partial charge in [0.15, 0.2) is 0 Å². The quantitative estimate of drug-likeness (QED) is 0.585. The number of benzene rings is 2. The van der Waals surface area contributed by atoms with Crippen LogP contribution in [0.1, 0.15) is 25.0 Å². The van der Waals surface area contributed by atoms with Crippen molar-refractivity contribution in [1.29, 1.82) is 0 Å². The van der Waals surface area contributed by atoms with Crippen molar-refractivity contribution in [3.8, 4) is 0 Å². The molecule has 6 heteroatoms. The predicted octanol–water partition coefficient (Wildman–Crippen LogP) is 3.01. The minimum absolute atomic E-state index is 0.168. The molecule has 2 aromatic rings. The van der Waals surface area contributed by atoms with Crippen molar-refractivity contribution in [1.82, 2.24) is 4.90 Å². The Hall–Kier alpha value is -2.31. The number of aliphatic hydroxyl groups excluding tert-OH is 1. The number of thioether (sulfide) groups is 1. The van der Waals surface area contributed by atoms with Gasteiger partial charge >= 0.3 is 5.97 Å². The van der Waals surface area contributed by atoms with Gasteiger partial charge in [-0.3, -0.25) is 4.79 Å². The molecule has 2 saturated heterocycles. The van der Waals surface area contributed by atoms with Gasteiger partial charge < -0.3 is 14.7 Å². The Morgan fingerprint density at radius 1 is 1.10 bits per heavy atom. The number of ether oxygens (including phenoxy) is 1. The van der Waals surface area contributed by atoms with Crippen molar-refractivity contribution in [2.45, 2.75) is 49.1 Å². The zero-order valence-corrected chi connectivity index (χ0v) is 17.3. The van der Waals surface area contributed by atoms with Crippen molar-refractivity contribution in [3.63, 3.8) is 0 Å². The molecule has 2 aromatic carbocycles. The molecular weight excluding hydrogens is 386 g/mol. The summed E-state index contributed by atoms with van der Waals surface area (Å²) in [5.74, 6) is -1.05. The molecular formula is C23H25NO4S. The second kappa shape index (κ2) is 7.84. The van der Waals surface area contributed by atoms with Crippen molar-refractivity contribution in [2.75, 3.05) is 0 Å². The van der Waals surface area contributed by atoms with Gasteiger partial charge in [-0.25, -0.2) is 4.79 Å². The van der Waals surface area contributed by atoms with Crippen molar-refractivity contribution >= 4 is 23.6 Å². The SMILES string of the molecule is CC1(C)S[C@@H]2[C@H](C(O)Cc3ccccc3)C(=O)N2[C@H]1C(=O)OCc1ccccc1. The number of nitrogens with zero attached hydrogens (tertiary/aromatic N) is 1. The molecule has 0 spiro atoms. The van der Waals surface area contributed by atoms with Gasteiger partial charge in [0, 0.05) is 4.75 Å². The van der Waals surface area contributed by atoms with Crippen LogP contribution in [0.2, 0.25) is 0 Å². The fourth-order valence-corrected chi connectivity index (χ4v) is 5.91. The summed E-state index contributed by atoms with van der Waals surface area (Å²) in [7, 11) is 0. The number of aliphatic hydroxyl groups is 1. The minimum Gasteiger partial charge on any atom is -0.459 e. The van der Waals surface area contributed by atoms with Gasteiger partial charge in [0.05, 0.1) is 17.4 Å². The molecule has 1 amide bonds. The minimum atomic E-state index is -0.770. The maximum Gasteiger partial charge on any atom is 0.330 e. The molecule has 4 atom stereocenters. The van der Waals surface area contributed by atoms with E-state index < -0.39 is 28.8 Å². The van der Waals surface area contributed by atoms with Crippen LogP contribution in [0.4, 0.5) is 0 Å². The summed E-state index contributed by atoms with van der Waals surface area (Å²) in [6.07, 6.45) is -0.348. The normalized spacial score (nSPS) is 25.8. The van der Waals surface area contributed by atoms with E-state index in [1.807, 2.05) is 74.5 Å². The van der Waals surface area contributed by atoms with Gasteiger partial charge in [0.2, 0.25) is 5.91 Å². The zero-order chi connectivity index (χ0) is 20.6. The highest BCUT2D eigenvalue weighted by Crippen LogP contribution is 2.54. The summed E-state index contributed by atoms with van der Waals surface area (Å²) in [4.78, 5) is 27.3. The highest BCUT2D eigenvalue weighted by molar-refractivity contribution is 8.01. The Balaban J connectivity index is 1.44. The van der Waals surface area contributed by atoms with Gasteiger partial charge in [-0.15, -0.1) is 11.8 Å². The van der Waals surface area contributed by atoms with Crippen LogP contribution in [0.15, 0.2) is 60.7 Å². The molecule has 29 heavy (non-hydrogen) atoms. The summed E-state index contributed by atoms with van der Waals surface area (Å²) in [6, 6.07) is 18.5. The second-order valence-electron chi connectivity index (χ2n) is 8.14. The molecule has 152 valence electrons. The first-order valence-electron chi connectivity index (χ1n) is 9.81. The van der Waals surface area contributed by atoms with E-state index in [1.54, 1.807) is 16.7 Å². The largest absolute Gasteiger partial charge is 0.459 e. The maximum absolute atomic E-state index is 12.9. The summed E-state index contributed by atoms with van der Waals surface area (Å²) < 4.78 is 5.05. The summed E-state index contributed by atoms with van der Waals surface area (Å²) in [5.41, 5.74) is 1.90. The fourth-order valence-electron chi connectivity index (χ4n) is 4.17. The number of carbonyl (C=O) groups is 2. The first-order valence-corrected chi connectivity index (χ1v) is 10.7. The van der Waals surface area contributed by atoms with Crippen LogP contribution < -0.4 is 0 Å². The first-order chi connectivity index (χ1) is 13.9. The third-order valence-electron chi connectivity index (χ3n) is 5.63. The lowest BCUT2D eigenvalue weighted by molar-refractivity contribution is -0.172. The monoisotopic (exact) mass is 411 g/mol. The van der Waals surface area contributed by atoms with Crippen molar-refractivity contribution in [2.24, 2.45) is 5.92 Å². The van der Waals surface area contributed by atoms with E-state index >= 15 is 0 Å². The molecule has 1 N–H and O–H groups in total. The zero-order valence-electron chi connectivity index (χ0n) is 16.5. The molecule has 0 aromatic heterocycles. The fraction of sp³-hybridized carbons (Fsp3) is 0.391. The Morgan fingerprint density at radius 3 is 2.31 bits per heavy atom. The summed E-state index contributed by atoms with van der Waals surface area (Å²) in [5, 5.41) is 10.5. The van der Waals surface area contributed by atoms with Crippen LogP contribution >= 0.6 is 11.8 Å². The first kappa shape index (κ1) is 20.0. The highest BCUT2D eigenvalue weighted by atomic mass is 32.2. The Kier molecular flexibility index (Phi) is 5.40. The topological polar surface area (TPSA) is 66.8 Å². The molecule has 2 aliphatic rings. The summed E-state index contributed by atoms with van der Waals surface area (Å²) >= 11 is 1.57. The van der Waals surface area contributed by atoms with Gasteiger partial charge in [0.1, 0.15) is 12.6 Å². The van der Waals surface area contributed by atoms with E-state index in [1.165, 1.54) is 0 Å². The number of carbonyl (C=O) groups excluding carboxylic acids is 2. The molecule has 0 bridgehead atoms. The van der Waals surface area contributed by atoms with E-state index in [-0.39, 0.29) is 17.9 Å². The number of β-lactam (4-membered cyclic amide) rings is 1. The molecule has 0 saturated carbocycles. The molecule has 2 heterocycles. The number of rotatable bonds is 6. The molecule has 5 nitrogen and oxygen atoms in total. The van der Waals surface area contributed by atoms with Crippen LogP contribution in [0.25, 0.3) is 0 Å². The standard InChI is InChI=1S/C23H25NO4S/c1-23(2)19(22(27)28-14-16-11-7-4-8-12-16)24-20(26)18(21(24)29-23)17(25)13-15-9-5-3-6-10-15/h3-12,17-19,21,25H,13-14H2,1-2H3/t17?,18-,19+,21-/m1/s1. The molecule has 0 aliphatic carbocycles. The Morgan fingerprint density at radius 2 is 1.69 bits per heavy atom. The lowest BCUT2D eigenvalue weighted by atomic mass is 9.85. The third-order valence-corrected chi connectivity index (χ3v) is 7.22. The smallest absolute Gasteiger partial charge is 0.330 e. The summed E-state index contributed by atoms with van der Waals surface area (Å²) in [6.45, 7) is 4.10. The second-order valence-corrected chi connectivity index (χ2v) is 9.91. The van der Waals surface area contributed by atoms with E-state index in [0.717, 1.165) is 11.1 Å². The van der Waals surface area contributed by atoms with E-state index in [0.29, 0.717) is 6.42 Å². The van der Waals surface area contributed by atoms with Gasteiger partial charge in [-0.05, 0) is 31.4 Å². The average molecular weight is 412 g/mol. The lowest BCUT2D eigenvalue weighted by Crippen LogP contribution is -2.65. The lowest BCUT2D eigenvalue weighted by Gasteiger charge is -2.45. The average Bonchev–Trinajstić information content (AvgIpc) is 2.95. The number of hydrogen-bond donors (Lipinski definition) is 1. The van der Waals surface area contributed by atoms with Gasteiger partial charge in [-0.2, -0.15) is 0 Å². The molecule has 0 radical (unpaired) electrons. The van der Waals surface area contributed by atoms with E-state index in [4.69, 9.17) is 4.74 Å². The van der Waals surface area contributed by atoms with Gasteiger partial charge in [-0.1, -0.05) is 60.7 Å². The van der Waals surface area contributed by atoms with Crippen molar-refractivity contribution in [3.05, 3.63) is 71.8 Å².